The number of anilines is 2. The van der Waals surface area contributed by atoms with Crippen LogP contribution < -0.4 is 15.5 Å². The lowest BCUT2D eigenvalue weighted by molar-refractivity contribution is 0.240. The Labute approximate surface area is 211 Å². The minimum atomic E-state index is -0.0733. The van der Waals surface area contributed by atoms with E-state index in [0.29, 0.717) is 18.5 Å². The van der Waals surface area contributed by atoms with Gasteiger partial charge in [-0.15, -0.1) is 0 Å². The fourth-order valence-corrected chi connectivity index (χ4v) is 4.77. The normalized spacial score (nSPS) is 17.4. The molecule has 5 rings (SSSR count). The molecule has 0 unspecified atom stereocenters. The number of urea groups is 1. The first-order chi connectivity index (χ1) is 17.7. The molecular formula is C28H31N7O. The molecule has 8 nitrogen and oxygen atoms in total. The van der Waals surface area contributed by atoms with Gasteiger partial charge in [0.1, 0.15) is 0 Å². The maximum absolute atomic E-state index is 13.5. The fraction of sp³-hybridized carbons (Fsp3) is 0.286. The van der Waals surface area contributed by atoms with Crippen LogP contribution in [0.5, 0.6) is 0 Å². The van der Waals surface area contributed by atoms with Crippen LogP contribution in [-0.4, -0.2) is 37.9 Å². The average Bonchev–Trinajstić information content (AvgIpc) is 3.36. The van der Waals surface area contributed by atoms with Crippen molar-refractivity contribution in [2.45, 2.75) is 44.3 Å². The average molecular weight is 482 g/mol. The van der Waals surface area contributed by atoms with E-state index in [-0.39, 0.29) is 12.1 Å². The zero-order chi connectivity index (χ0) is 24.7. The van der Waals surface area contributed by atoms with Crippen LogP contribution in [0.25, 0.3) is 11.1 Å². The van der Waals surface area contributed by atoms with Gasteiger partial charge in [-0.25, -0.2) is 14.8 Å². The van der Waals surface area contributed by atoms with Crippen molar-refractivity contribution in [3.63, 3.8) is 0 Å². The van der Waals surface area contributed by atoms with E-state index in [1.807, 2.05) is 72.9 Å². The molecular weight excluding hydrogens is 450 g/mol. The Hall–Kier alpha value is -4.20. The maximum atomic E-state index is 13.5. The molecule has 1 fully saturated rings. The van der Waals surface area contributed by atoms with E-state index in [0.717, 1.165) is 48.1 Å². The first-order valence-corrected chi connectivity index (χ1v) is 12.4. The van der Waals surface area contributed by atoms with Crippen LogP contribution >= 0.6 is 0 Å². The van der Waals surface area contributed by atoms with Crippen molar-refractivity contribution in [3.05, 3.63) is 91.0 Å². The molecule has 2 heterocycles. The summed E-state index contributed by atoms with van der Waals surface area (Å²) in [4.78, 5) is 24.0. The van der Waals surface area contributed by atoms with E-state index in [1.54, 1.807) is 17.1 Å². The predicted octanol–water partition coefficient (Wildman–Crippen LogP) is 5.02. The summed E-state index contributed by atoms with van der Waals surface area (Å²) in [6, 6.07) is 20.3. The summed E-state index contributed by atoms with van der Waals surface area (Å²) >= 11 is 0. The Morgan fingerprint density at radius 3 is 2.33 bits per heavy atom. The molecule has 0 bridgehead atoms. The molecule has 1 aliphatic rings. The monoisotopic (exact) mass is 481 g/mol. The summed E-state index contributed by atoms with van der Waals surface area (Å²) in [5.74, 6) is 0.657. The standard InChI is InChI=1S/C28H31N7O/c1-34-20-23(19-32-34)22-8-12-25(13-9-22)35(28(36)31-18-21-6-3-2-4-7-21)26-14-10-24(11-15-26)33-27-29-16-5-17-30-27/h2-9,12-13,16-17,19-20,24,26H,10-11,14-15,18H2,1H3,(H,31,36)(H,29,30,33)/t24-,26-. The van der Waals surface area contributed by atoms with Gasteiger partial charge in [-0.1, -0.05) is 42.5 Å². The van der Waals surface area contributed by atoms with E-state index in [2.05, 4.69) is 37.8 Å². The minimum Gasteiger partial charge on any atom is -0.351 e. The molecule has 0 aliphatic heterocycles. The third-order valence-corrected chi connectivity index (χ3v) is 6.65. The zero-order valence-corrected chi connectivity index (χ0v) is 20.4. The number of hydrogen-bond acceptors (Lipinski definition) is 5. The Morgan fingerprint density at radius 1 is 0.944 bits per heavy atom. The molecule has 0 radical (unpaired) electrons. The largest absolute Gasteiger partial charge is 0.351 e. The van der Waals surface area contributed by atoms with Gasteiger partial charge >= 0.3 is 6.03 Å². The van der Waals surface area contributed by atoms with Crippen LogP contribution in [0, 0.1) is 0 Å². The molecule has 0 spiro atoms. The maximum Gasteiger partial charge on any atom is 0.322 e. The molecule has 0 saturated heterocycles. The molecule has 184 valence electrons. The van der Waals surface area contributed by atoms with Crippen LogP contribution in [0.4, 0.5) is 16.4 Å². The van der Waals surface area contributed by atoms with Gasteiger partial charge in [-0.2, -0.15) is 5.10 Å². The second-order valence-corrected chi connectivity index (χ2v) is 9.19. The summed E-state index contributed by atoms with van der Waals surface area (Å²) < 4.78 is 1.79. The highest BCUT2D eigenvalue weighted by Gasteiger charge is 2.30. The van der Waals surface area contributed by atoms with E-state index >= 15 is 0 Å². The van der Waals surface area contributed by atoms with Crippen LogP contribution in [0.1, 0.15) is 31.2 Å². The van der Waals surface area contributed by atoms with Gasteiger partial charge in [0, 0.05) is 55.5 Å². The van der Waals surface area contributed by atoms with Gasteiger partial charge in [-0.05, 0) is 55.0 Å². The Kier molecular flexibility index (Phi) is 7.21. The molecule has 8 heteroatoms. The lowest BCUT2D eigenvalue weighted by Gasteiger charge is -2.37. The molecule has 2 amide bonds. The third-order valence-electron chi connectivity index (χ3n) is 6.65. The lowest BCUT2D eigenvalue weighted by Crippen LogP contribution is -2.48. The van der Waals surface area contributed by atoms with Crippen molar-refractivity contribution in [1.82, 2.24) is 25.1 Å². The number of aryl methyl sites for hydroxylation is 1. The number of carbonyl (C=O) groups excluding carboxylic acids is 1. The number of rotatable bonds is 7. The highest BCUT2D eigenvalue weighted by atomic mass is 16.2. The number of aromatic nitrogens is 4. The number of carbonyl (C=O) groups is 1. The molecule has 2 aromatic carbocycles. The number of amides is 2. The Morgan fingerprint density at radius 2 is 1.67 bits per heavy atom. The van der Waals surface area contributed by atoms with Gasteiger partial charge in [0.05, 0.1) is 6.20 Å². The van der Waals surface area contributed by atoms with Crippen molar-refractivity contribution >= 4 is 17.7 Å². The number of nitrogens with one attached hydrogen (secondary N) is 2. The molecule has 0 atom stereocenters. The van der Waals surface area contributed by atoms with Crippen LogP contribution in [0.3, 0.4) is 0 Å². The van der Waals surface area contributed by atoms with E-state index in [4.69, 9.17) is 0 Å². The summed E-state index contributed by atoms with van der Waals surface area (Å²) in [6.45, 7) is 0.492. The van der Waals surface area contributed by atoms with Crippen LogP contribution in [0.15, 0.2) is 85.5 Å². The first kappa shape index (κ1) is 23.5. The van der Waals surface area contributed by atoms with E-state index in [1.165, 1.54) is 0 Å². The Bertz CT molecular complexity index is 1250. The topological polar surface area (TPSA) is 88.0 Å². The van der Waals surface area contributed by atoms with Gasteiger partial charge < -0.3 is 10.6 Å². The molecule has 2 aromatic heterocycles. The Balaban J connectivity index is 1.31. The zero-order valence-electron chi connectivity index (χ0n) is 20.4. The molecule has 4 aromatic rings. The van der Waals surface area contributed by atoms with Crippen molar-refractivity contribution in [2.24, 2.45) is 7.05 Å². The van der Waals surface area contributed by atoms with Crippen LogP contribution in [-0.2, 0) is 13.6 Å². The van der Waals surface area contributed by atoms with Gasteiger partial charge in [0.2, 0.25) is 5.95 Å². The minimum absolute atomic E-state index is 0.0733. The van der Waals surface area contributed by atoms with Gasteiger partial charge in [0.15, 0.2) is 0 Å². The number of hydrogen-bond donors (Lipinski definition) is 2. The molecule has 1 saturated carbocycles. The van der Waals surface area contributed by atoms with E-state index < -0.39 is 0 Å². The van der Waals surface area contributed by atoms with Crippen molar-refractivity contribution in [3.8, 4) is 11.1 Å². The summed E-state index contributed by atoms with van der Waals surface area (Å²) in [5.41, 5.74) is 4.11. The second kappa shape index (κ2) is 11.0. The van der Waals surface area contributed by atoms with Crippen molar-refractivity contribution < 1.29 is 4.79 Å². The summed E-state index contributed by atoms with van der Waals surface area (Å²) in [5, 5.41) is 10.8. The molecule has 2 N–H and O–H groups in total. The van der Waals surface area contributed by atoms with Crippen molar-refractivity contribution in [2.75, 3.05) is 10.2 Å². The van der Waals surface area contributed by atoms with Crippen molar-refractivity contribution in [1.29, 1.82) is 0 Å². The first-order valence-electron chi connectivity index (χ1n) is 12.4. The predicted molar refractivity (Wildman–Crippen MR) is 141 cm³/mol. The lowest BCUT2D eigenvalue weighted by atomic mass is 9.90. The number of benzene rings is 2. The van der Waals surface area contributed by atoms with Gasteiger partial charge in [-0.3, -0.25) is 9.58 Å². The fourth-order valence-electron chi connectivity index (χ4n) is 4.77. The second-order valence-electron chi connectivity index (χ2n) is 9.19. The number of nitrogens with zero attached hydrogens (tertiary/aromatic N) is 5. The van der Waals surface area contributed by atoms with E-state index in [9.17, 15) is 4.79 Å². The molecule has 36 heavy (non-hydrogen) atoms. The summed E-state index contributed by atoms with van der Waals surface area (Å²) in [7, 11) is 1.91. The summed E-state index contributed by atoms with van der Waals surface area (Å²) in [6.07, 6.45) is 11.0. The van der Waals surface area contributed by atoms with Crippen LogP contribution in [0.2, 0.25) is 0 Å². The molecule has 1 aliphatic carbocycles. The van der Waals surface area contributed by atoms with Gasteiger partial charge in [0.25, 0.3) is 0 Å². The highest BCUT2D eigenvalue weighted by molar-refractivity contribution is 5.93. The quantitative estimate of drug-likeness (QED) is 0.387. The SMILES string of the molecule is Cn1cc(-c2ccc(N(C(=O)NCc3ccccc3)[C@H]3CC[C@H](Nc4ncccn4)CC3)cc2)cn1. The third kappa shape index (κ3) is 5.71. The highest BCUT2D eigenvalue weighted by Crippen LogP contribution is 2.30. The smallest absolute Gasteiger partial charge is 0.322 e.